The van der Waals surface area contributed by atoms with Crippen LogP contribution in [0.4, 0.5) is 0 Å². The van der Waals surface area contributed by atoms with Gasteiger partial charge in [-0.05, 0) is 84.3 Å². The third-order valence-corrected chi connectivity index (χ3v) is 5.63. The van der Waals surface area contributed by atoms with Gasteiger partial charge in [-0.2, -0.15) is 5.26 Å². The van der Waals surface area contributed by atoms with E-state index in [-0.39, 0.29) is 5.91 Å². The van der Waals surface area contributed by atoms with Gasteiger partial charge >= 0.3 is 0 Å². The number of aromatic nitrogens is 1. The molecule has 3 aromatic rings. The number of hydrogen-bond acceptors (Lipinski definition) is 3. The molecule has 1 aromatic heterocycles. The minimum atomic E-state index is -0.0555. The molecule has 2 aromatic carbocycles. The molecule has 0 unspecified atom stereocenters. The second-order valence-electron chi connectivity index (χ2n) is 7.78. The van der Waals surface area contributed by atoms with Crippen LogP contribution in [-0.2, 0) is 17.8 Å². The molecular weight excluding hydrogens is 372 g/mol. The van der Waals surface area contributed by atoms with Crippen LogP contribution in [0.3, 0.4) is 0 Å². The molecule has 1 aliphatic heterocycles. The number of H-pyrrole nitrogens is 1. The number of benzene rings is 2. The fraction of sp³-hybridized carbons (Fsp3) is 0.280. The number of aromatic amines is 1. The maximum Gasteiger partial charge on any atom is 0.243 e. The number of fused-ring (bicyclic) bond motifs is 2. The lowest BCUT2D eigenvalue weighted by Gasteiger charge is -2.28. The second-order valence-corrected chi connectivity index (χ2v) is 7.78. The van der Waals surface area contributed by atoms with Gasteiger partial charge in [0.05, 0.1) is 11.6 Å². The maximum atomic E-state index is 12.1. The van der Waals surface area contributed by atoms with Gasteiger partial charge in [-0.25, -0.2) is 0 Å². The van der Waals surface area contributed by atoms with Gasteiger partial charge in [-0.3, -0.25) is 9.69 Å². The minimum Gasteiger partial charge on any atom is -0.361 e. The maximum absolute atomic E-state index is 12.1. The number of rotatable bonds is 7. The highest BCUT2D eigenvalue weighted by molar-refractivity contribution is 5.92. The topological polar surface area (TPSA) is 71.9 Å². The summed E-state index contributed by atoms with van der Waals surface area (Å²) in [5, 5.41) is 13.2. The van der Waals surface area contributed by atoms with Gasteiger partial charge in [0.25, 0.3) is 0 Å². The van der Waals surface area contributed by atoms with Crippen LogP contribution >= 0.6 is 0 Å². The normalized spacial score (nSPS) is 14.0. The van der Waals surface area contributed by atoms with E-state index in [9.17, 15) is 4.79 Å². The van der Waals surface area contributed by atoms with Crippen LogP contribution in [0.15, 0.2) is 54.7 Å². The molecule has 5 heteroatoms. The lowest BCUT2D eigenvalue weighted by atomic mass is 9.97. The van der Waals surface area contributed by atoms with Gasteiger partial charge in [-0.1, -0.05) is 12.1 Å². The average Bonchev–Trinajstić information content (AvgIpc) is 3.25. The van der Waals surface area contributed by atoms with E-state index in [1.54, 1.807) is 6.08 Å². The SMILES string of the molecule is N#Cc1ccc2c(c1)CN(CCCCNC(=O)C=Cc1ccc3[nH]ccc3c1)CC2. The Balaban J connectivity index is 1.16. The summed E-state index contributed by atoms with van der Waals surface area (Å²) in [6.45, 7) is 3.66. The van der Waals surface area contributed by atoms with Crippen LogP contribution in [0, 0.1) is 11.3 Å². The zero-order valence-electron chi connectivity index (χ0n) is 17.0. The first kappa shape index (κ1) is 19.9. The largest absolute Gasteiger partial charge is 0.361 e. The predicted octanol–water partition coefficient (Wildman–Crippen LogP) is 4.01. The fourth-order valence-corrected chi connectivity index (χ4v) is 3.95. The van der Waals surface area contributed by atoms with Gasteiger partial charge in [0.15, 0.2) is 0 Å². The molecular formula is C25H26N4O. The van der Waals surface area contributed by atoms with E-state index in [0.717, 1.165) is 60.9 Å². The van der Waals surface area contributed by atoms with Crippen LogP contribution in [-0.4, -0.2) is 35.4 Å². The monoisotopic (exact) mass is 398 g/mol. The number of carbonyl (C=O) groups is 1. The number of hydrogen-bond donors (Lipinski definition) is 2. The molecule has 0 fully saturated rings. The molecule has 0 aliphatic carbocycles. The Morgan fingerprint density at radius 3 is 3.00 bits per heavy atom. The Hall–Kier alpha value is -3.36. The van der Waals surface area contributed by atoms with E-state index in [2.05, 4.69) is 33.4 Å². The summed E-state index contributed by atoms with van der Waals surface area (Å²) in [4.78, 5) is 17.7. The van der Waals surface area contributed by atoms with Crippen molar-refractivity contribution < 1.29 is 4.79 Å². The van der Waals surface area contributed by atoms with E-state index < -0.39 is 0 Å². The third kappa shape index (κ3) is 4.97. The van der Waals surface area contributed by atoms with E-state index >= 15 is 0 Å². The van der Waals surface area contributed by atoms with E-state index in [4.69, 9.17) is 5.26 Å². The van der Waals surface area contributed by atoms with Crippen molar-refractivity contribution in [2.75, 3.05) is 19.6 Å². The Kier molecular flexibility index (Phi) is 6.26. The highest BCUT2D eigenvalue weighted by atomic mass is 16.1. The van der Waals surface area contributed by atoms with Crippen molar-refractivity contribution in [3.05, 3.63) is 77.0 Å². The Morgan fingerprint density at radius 2 is 2.10 bits per heavy atom. The molecule has 30 heavy (non-hydrogen) atoms. The molecule has 0 saturated carbocycles. The Morgan fingerprint density at radius 1 is 1.17 bits per heavy atom. The summed E-state index contributed by atoms with van der Waals surface area (Å²) in [5.74, 6) is -0.0555. The number of amides is 1. The summed E-state index contributed by atoms with van der Waals surface area (Å²) in [6, 6.07) is 16.3. The van der Waals surface area contributed by atoms with Crippen LogP contribution in [0.2, 0.25) is 0 Å². The first-order valence-corrected chi connectivity index (χ1v) is 10.5. The fourth-order valence-electron chi connectivity index (χ4n) is 3.95. The molecule has 152 valence electrons. The summed E-state index contributed by atoms with van der Waals surface area (Å²) in [6.07, 6.45) is 8.40. The van der Waals surface area contributed by atoms with Gasteiger partial charge in [-0.15, -0.1) is 0 Å². The van der Waals surface area contributed by atoms with E-state index in [1.807, 2.05) is 42.6 Å². The Labute approximate surface area is 177 Å². The lowest BCUT2D eigenvalue weighted by Crippen LogP contribution is -2.32. The van der Waals surface area contributed by atoms with Crippen molar-refractivity contribution in [1.29, 1.82) is 5.26 Å². The summed E-state index contributed by atoms with van der Waals surface area (Å²) >= 11 is 0. The molecule has 5 nitrogen and oxygen atoms in total. The minimum absolute atomic E-state index is 0.0555. The molecule has 0 radical (unpaired) electrons. The number of nitrogens with zero attached hydrogens (tertiary/aromatic N) is 2. The number of unbranched alkanes of at least 4 members (excludes halogenated alkanes) is 1. The summed E-state index contributed by atoms with van der Waals surface area (Å²) in [5.41, 5.74) is 5.48. The third-order valence-electron chi connectivity index (χ3n) is 5.63. The first-order chi connectivity index (χ1) is 14.7. The molecule has 0 atom stereocenters. The standard InChI is InChI=1S/C25H26N4O/c26-17-20-3-6-21-10-14-29(18-23(21)16-20)13-2-1-11-28-25(30)8-5-19-4-7-24-22(15-19)9-12-27-24/h3-9,12,15-16,27H,1-2,10-11,13-14,18H2,(H,28,30). The molecule has 2 N–H and O–H groups in total. The zero-order chi connectivity index (χ0) is 20.8. The van der Waals surface area contributed by atoms with Crippen molar-refractivity contribution in [3.8, 4) is 6.07 Å². The first-order valence-electron chi connectivity index (χ1n) is 10.5. The van der Waals surface area contributed by atoms with Crippen molar-refractivity contribution in [2.24, 2.45) is 0 Å². The average molecular weight is 399 g/mol. The van der Waals surface area contributed by atoms with Crippen LogP contribution in [0.1, 0.15) is 35.1 Å². The molecule has 4 rings (SSSR count). The van der Waals surface area contributed by atoms with Gasteiger partial charge in [0.1, 0.15) is 0 Å². The highest BCUT2D eigenvalue weighted by Crippen LogP contribution is 2.20. The smallest absolute Gasteiger partial charge is 0.243 e. The van der Waals surface area contributed by atoms with Crippen molar-refractivity contribution in [3.63, 3.8) is 0 Å². The quantitative estimate of drug-likeness (QED) is 0.467. The van der Waals surface area contributed by atoms with Gasteiger partial charge in [0, 0.05) is 37.4 Å². The highest BCUT2D eigenvalue weighted by Gasteiger charge is 2.16. The summed E-state index contributed by atoms with van der Waals surface area (Å²) < 4.78 is 0. The lowest BCUT2D eigenvalue weighted by molar-refractivity contribution is -0.116. The molecule has 0 saturated heterocycles. The predicted molar refractivity (Wildman–Crippen MR) is 120 cm³/mol. The van der Waals surface area contributed by atoms with E-state index in [0.29, 0.717) is 6.54 Å². The van der Waals surface area contributed by atoms with E-state index in [1.165, 1.54) is 11.1 Å². The Bertz CT molecular complexity index is 1110. The zero-order valence-corrected chi connectivity index (χ0v) is 17.0. The van der Waals surface area contributed by atoms with Crippen LogP contribution in [0.25, 0.3) is 17.0 Å². The van der Waals surface area contributed by atoms with Gasteiger partial charge < -0.3 is 10.3 Å². The summed E-state index contributed by atoms with van der Waals surface area (Å²) in [7, 11) is 0. The van der Waals surface area contributed by atoms with Gasteiger partial charge in [0.2, 0.25) is 5.91 Å². The second kappa shape index (κ2) is 9.43. The van der Waals surface area contributed by atoms with Crippen LogP contribution in [0.5, 0.6) is 0 Å². The van der Waals surface area contributed by atoms with Crippen molar-refractivity contribution >= 4 is 22.9 Å². The molecule has 0 bridgehead atoms. The molecule has 1 aliphatic rings. The number of nitriles is 1. The number of carbonyl (C=O) groups excluding carboxylic acids is 1. The van der Waals surface area contributed by atoms with Crippen LogP contribution < -0.4 is 5.32 Å². The number of nitrogens with one attached hydrogen (secondary N) is 2. The molecule has 0 spiro atoms. The molecule has 1 amide bonds. The van der Waals surface area contributed by atoms with Crippen molar-refractivity contribution in [2.45, 2.75) is 25.8 Å². The molecule has 2 heterocycles. The van der Waals surface area contributed by atoms with Crippen molar-refractivity contribution in [1.82, 2.24) is 15.2 Å².